The highest BCUT2D eigenvalue weighted by atomic mass is 14.5. The van der Waals surface area contributed by atoms with Crippen molar-refractivity contribution in [2.45, 2.75) is 34.2 Å². The second-order valence-electron chi connectivity index (χ2n) is 2.62. The SMILES string of the molecule is CC.Cc1ccc(CN)cc1C. The number of nitrogens with two attached hydrogens (primary N) is 1. The zero-order valence-electron chi connectivity index (χ0n) is 8.52. The zero-order chi connectivity index (χ0) is 9.56. The molecule has 1 aromatic rings. The van der Waals surface area contributed by atoms with Crippen molar-refractivity contribution in [3.05, 3.63) is 34.9 Å². The van der Waals surface area contributed by atoms with Crippen molar-refractivity contribution in [3.63, 3.8) is 0 Å². The molecule has 12 heavy (non-hydrogen) atoms. The van der Waals surface area contributed by atoms with Gasteiger partial charge in [0.15, 0.2) is 0 Å². The summed E-state index contributed by atoms with van der Waals surface area (Å²) in [6.45, 7) is 8.85. The lowest BCUT2D eigenvalue weighted by atomic mass is 10.1. The quantitative estimate of drug-likeness (QED) is 0.680. The van der Waals surface area contributed by atoms with E-state index in [0.29, 0.717) is 6.54 Å². The molecule has 0 saturated carbocycles. The van der Waals surface area contributed by atoms with E-state index in [1.54, 1.807) is 0 Å². The third-order valence-electron chi connectivity index (χ3n) is 1.81. The van der Waals surface area contributed by atoms with Crippen molar-refractivity contribution in [1.29, 1.82) is 0 Å². The Morgan fingerprint density at radius 2 is 1.67 bits per heavy atom. The molecule has 1 aromatic carbocycles. The molecule has 0 saturated heterocycles. The molecule has 0 aliphatic heterocycles. The van der Waals surface area contributed by atoms with Gasteiger partial charge in [0.05, 0.1) is 0 Å². The largest absolute Gasteiger partial charge is 0.326 e. The van der Waals surface area contributed by atoms with Crippen molar-refractivity contribution < 1.29 is 0 Å². The maximum absolute atomic E-state index is 5.47. The van der Waals surface area contributed by atoms with Gasteiger partial charge in [0.1, 0.15) is 0 Å². The van der Waals surface area contributed by atoms with E-state index in [1.807, 2.05) is 13.8 Å². The molecule has 1 heteroatoms. The van der Waals surface area contributed by atoms with E-state index in [4.69, 9.17) is 5.73 Å². The highest BCUT2D eigenvalue weighted by Gasteiger charge is 1.92. The first-order chi connectivity index (χ1) is 5.74. The molecular formula is C11H19N. The molecule has 0 fully saturated rings. The predicted molar refractivity (Wildman–Crippen MR) is 55.2 cm³/mol. The Morgan fingerprint density at radius 1 is 1.08 bits per heavy atom. The second-order valence-corrected chi connectivity index (χ2v) is 2.62. The molecule has 68 valence electrons. The summed E-state index contributed by atoms with van der Waals surface area (Å²) in [4.78, 5) is 0. The average Bonchev–Trinajstić information content (AvgIpc) is 2.13. The van der Waals surface area contributed by atoms with Crippen molar-refractivity contribution >= 4 is 0 Å². The first-order valence-corrected chi connectivity index (χ1v) is 4.50. The monoisotopic (exact) mass is 165 g/mol. The topological polar surface area (TPSA) is 26.0 Å². The van der Waals surface area contributed by atoms with Gasteiger partial charge >= 0.3 is 0 Å². The third-order valence-corrected chi connectivity index (χ3v) is 1.81. The highest BCUT2D eigenvalue weighted by molar-refractivity contribution is 5.29. The third kappa shape index (κ3) is 3.05. The van der Waals surface area contributed by atoms with Crippen LogP contribution in [0.3, 0.4) is 0 Å². The summed E-state index contributed by atoms with van der Waals surface area (Å²) >= 11 is 0. The van der Waals surface area contributed by atoms with Crippen LogP contribution in [0.2, 0.25) is 0 Å². The predicted octanol–water partition coefficient (Wildman–Crippen LogP) is 2.79. The lowest BCUT2D eigenvalue weighted by Crippen LogP contribution is -1.96. The first kappa shape index (κ1) is 11.2. The van der Waals surface area contributed by atoms with Gasteiger partial charge in [0.25, 0.3) is 0 Å². The minimum atomic E-state index is 0.640. The normalized spacial score (nSPS) is 8.75. The van der Waals surface area contributed by atoms with Gasteiger partial charge in [-0.2, -0.15) is 0 Å². The molecule has 0 spiro atoms. The van der Waals surface area contributed by atoms with Gasteiger partial charge in [0.2, 0.25) is 0 Å². The fraction of sp³-hybridized carbons (Fsp3) is 0.455. The van der Waals surface area contributed by atoms with Crippen molar-refractivity contribution in [1.82, 2.24) is 0 Å². The van der Waals surface area contributed by atoms with Crippen LogP contribution < -0.4 is 5.73 Å². The molecule has 0 aliphatic carbocycles. The average molecular weight is 165 g/mol. The van der Waals surface area contributed by atoms with Crippen LogP contribution in [0.25, 0.3) is 0 Å². The van der Waals surface area contributed by atoms with Crippen LogP contribution in [0.4, 0.5) is 0 Å². The Kier molecular flexibility index (Phi) is 5.39. The Hall–Kier alpha value is -0.820. The maximum atomic E-state index is 5.47. The van der Waals surface area contributed by atoms with Crippen molar-refractivity contribution in [3.8, 4) is 0 Å². The summed E-state index contributed by atoms with van der Waals surface area (Å²) in [5.41, 5.74) is 9.33. The highest BCUT2D eigenvalue weighted by Crippen LogP contribution is 2.08. The molecular weight excluding hydrogens is 146 g/mol. The molecule has 0 bridgehead atoms. The van der Waals surface area contributed by atoms with E-state index in [2.05, 4.69) is 32.0 Å². The molecule has 0 atom stereocenters. The molecule has 0 heterocycles. The minimum Gasteiger partial charge on any atom is -0.326 e. The number of rotatable bonds is 1. The van der Waals surface area contributed by atoms with E-state index >= 15 is 0 Å². The smallest absolute Gasteiger partial charge is 0.0178 e. The zero-order valence-corrected chi connectivity index (χ0v) is 8.52. The summed E-state index contributed by atoms with van der Waals surface area (Å²) in [6, 6.07) is 6.31. The van der Waals surface area contributed by atoms with Gasteiger partial charge in [-0.1, -0.05) is 32.0 Å². The lowest BCUT2D eigenvalue weighted by molar-refractivity contribution is 1.06. The standard InChI is InChI=1S/C9H13N.C2H6/c1-7-3-4-9(6-10)5-8(7)2;1-2/h3-5H,6,10H2,1-2H3;1-2H3. The minimum absolute atomic E-state index is 0.640. The van der Waals surface area contributed by atoms with Gasteiger partial charge < -0.3 is 5.73 Å². The number of hydrogen-bond acceptors (Lipinski definition) is 1. The second kappa shape index (κ2) is 5.78. The van der Waals surface area contributed by atoms with E-state index in [-0.39, 0.29) is 0 Å². The van der Waals surface area contributed by atoms with Crippen LogP contribution in [0.15, 0.2) is 18.2 Å². The molecule has 1 nitrogen and oxygen atoms in total. The molecule has 1 rings (SSSR count). The Bertz CT molecular complexity index is 228. The van der Waals surface area contributed by atoms with Crippen LogP contribution >= 0.6 is 0 Å². The first-order valence-electron chi connectivity index (χ1n) is 4.50. The van der Waals surface area contributed by atoms with Crippen LogP contribution in [0.1, 0.15) is 30.5 Å². The Morgan fingerprint density at radius 3 is 2.08 bits per heavy atom. The van der Waals surface area contributed by atoms with Crippen LogP contribution in [0.5, 0.6) is 0 Å². The molecule has 0 unspecified atom stereocenters. The number of benzene rings is 1. The lowest BCUT2D eigenvalue weighted by Gasteiger charge is -2.01. The molecule has 2 N–H and O–H groups in total. The molecule has 0 amide bonds. The van der Waals surface area contributed by atoms with E-state index < -0.39 is 0 Å². The van der Waals surface area contributed by atoms with Gasteiger partial charge in [-0.3, -0.25) is 0 Å². The fourth-order valence-electron chi connectivity index (χ4n) is 0.930. The van der Waals surface area contributed by atoms with Crippen molar-refractivity contribution in [2.24, 2.45) is 5.73 Å². The van der Waals surface area contributed by atoms with Gasteiger partial charge in [-0.25, -0.2) is 0 Å². The molecule has 0 aromatic heterocycles. The fourth-order valence-corrected chi connectivity index (χ4v) is 0.930. The van der Waals surface area contributed by atoms with E-state index in [0.717, 1.165) is 0 Å². The van der Waals surface area contributed by atoms with Crippen LogP contribution in [-0.2, 0) is 6.54 Å². The number of aryl methyl sites for hydroxylation is 2. The number of hydrogen-bond donors (Lipinski definition) is 1. The summed E-state index contributed by atoms with van der Waals surface area (Å²) in [5, 5.41) is 0. The maximum Gasteiger partial charge on any atom is 0.0178 e. The summed E-state index contributed by atoms with van der Waals surface area (Å²) in [7, 11) is 0. The van der Waals surface area contributed by atoms with E-state index in [9.17, 15) is 0 Å². The molecule has 0 radical (unpaired) electrons. The summed E-state index contributed by atoms with van der Waals surface area (Å²) in [6.07, 6.45) is 0. The Labute approximate surface area is 75.6 Å². The van der Waals surface area contributed by atoms with Crippen molar-refractivity contribution in [2.75, 3.05) is 0 Å². The van der Waals surface area contributed by atoms with Crippen LogP contribution in [0, 0.1) is 13.8 Å². The Balaban J connectivity index is 0.000000561. The molecule has 0 aliphatic rings. The van der Waals surface area contributed by atoms with Gasteiger partial charge in [-0.05, 0) is 30.5 Å². The van der Waals surface area contributed by atoms with Gasteiger partial charge in [0, 0.05) is 6.54 Å². The summed E-state index contributed by atoms with van der Waals surface area (Å²) in [5.74, 6) is 0. The van der Waals surface area contributed by atoms with Gasteiger partial charge in [-0.15, -0.1) is 0 Å². The van der Waals surface area contributed by atoms with E-state index in [1.165, 1.54) is 16.7 Å². The van der Waals surface area contributed by atoms with Crippen LogP contribution in [-0.4, -0.2) is 0 Å². The summed E-state index contributed by atoms with van der Waals surface area (Å²) < 4.78 is 0.